The van der Waals surface area contributed by atoms with Gasteiger partial charge in [0.1, 0.15) is 0 Å². The maximum atomic E-state index is 9.44. The minimum Gasteiger partial charge on any atom is -0.396 e. The lowest BCUT2D eigenvalue weighted by molar-refractivity contribution is 0.255. The molecule has 1 heteroatoms. The topological polar surface area (TPSA) is 20.2 Å². The second kappa shape index (κ2) is 6.70. The predicted octanol–water partition coefficient (Wildman–Crippen LogP) is 3.90. The Balaban J connectivity index is 2.53. The summed E-state index contributed by atoms with van der Waals surface area (Å²) in [5, 5.41) is 9.44. The number of hydrogen-bond donors (Lipinski definition) is 1. The van der Waals surface area contributed by atoms with Gasteiger partial charge >= 0.3 is 0 Å². The van der Waals surface area contributed by atoms with Gasteiger partial charge in [-0.15, -0.1) is 0 Å². The number of rotatable bonds is 6. The molecule has 90 valence electrons. The summed E-state index contributed by atoms with van der Waals surface area (Å²) >= 11 is 0. The summed E-state index contributed by atoms with van der Waals surface area (Å²) in [4.78, 5) is 0. The van der Waals surface area contributed by atoms with E-state index in [2.05, 4.69) is 45.0 Å². The van der Waals surface area contributed by atoms with Gasteiger partial charge < -0.3 is 5.11 Å². The number of benzene rings is 1. The molecule has 0 heterocycles. The normalized spacial score (nSPS) is 13.1. The van der Waals surface area contributed by atoms with Crippen molar-refractivity contribution in [2.45, 2.75) is 46.0 Å². The van der Waals surface area contributed by atoms with Crippen molar-refractivity contribution in [2.24, 2.45) is 5.92 Å². The molecule has 0 aliphatic rings. The van der Waals surface area contributed by atoms with E-state index < -0.39 is 0 Å². The van der Waals surface area contributed by atoms with Crippen LogP contribution in [0.25, 0.3) is 0 Å². The summed E-state index contributed by atoms with van der Waals surface area (Å²) in [6, 6.07) is 8.50. The summed E-state index contributed by atoms with van der Waals surface area (Å²) in [5.74, 6) is 1.08. The summed E-state index contributed by atoms with van der Waals surface area (Å²) < 4.78 is 0. The van der Waals surface area contributed by atoms with Gasteiger partial charge in [0, 0.05) is 12.5 Å². The Labute approximate surface area is 99.5 Å². The van der Waals surface area contributed by atoms with Gasteiger partial charge in [-0.05, 0) is 24.8 Å². The van der Waals surface area contributed by atoms with E-state index >= 15 is 0 Å². The van der Waals surface area contributed by atoms with E-state index in [1.807, 2.05) is 0 Å². The third-order valence-electron chi connectivity index (χ3n) is 3.07. The molecule has 1 nitrogen and oxygen atoms in total. The quantitative estimate of drug-likeness (QED) is 0.771. The zero-order valence-corrected chi connectivity index (χ0v) is 10.7. The molecule has 1 rings (SSSR count). The van der Waals surface area contributed by atoms with E-state index in [1.54, 1.807) is 0 Å². The van der Waals surface area contributed by atoms with Gasteiger partial charge in [0.15, 0.2) is 0 Å². The van der Waals surface area contributed by atoms with Crippen molar-refractivity contribution in [3.8, 4) is 0 Å². The third-order valence-corrected chi connectivity index (χ3v) is 3.07. The van der Waals surface area contributed by atoms with Crippen LogP contribution in [0.15, 0.2) is 24.3 Å². The standard InChI is InChI=1S/C15H24O/c1-12(2)6-4-9-15(11-16)14-8-5-7-13(3)10-14/h5,7-8,10,12,15-16H,4,6,9,11H2,1-3H3. The van der Waals surface area contributed by atoms with Crippen LogP contribution in [0.1, 0.15) is 50.2 Å². The molecular weight excluding hydrogens is 196 g/mol. The molecule has 0 aliphatic heterocycles. The van der Waals surface area contributed by atoms with Crippen LogP contribution >= 0.6 is 0 Å². The van der Waals surface area contributed by atoms with E-state index in [9.17, 15) is 5.11 Å². The minimum atomic E-state index is 0.265. The highest BCUT2D eigenvalue weighted by molar-refractivity contribution is 5.25. The molecule has 0 saturated heterocycles. The number of aliphatic hydroxyl groups is 1. The molecular formula is C15H24O. The van der Waals surface area contributed by atoms with E-state index in [0.29, 0.717) is 5.92 Å². The molecule has 0 saturated carbocycles. The van der Waals surface area contributed by atoms with Crippen molar-refractivity contribution < 1.29 is 5.11 Å². The lowest BCUT2D eigenvalue weighted by Gasteiger charge is -2.15. The second-order valence-electron chi connectivity index (χ2n) is 5.12. The zero-order valence-electron chi connectivity index (χ0n) is 10.7. The Morgan fingerprint density at radius 1 is 1.19 bits per heavy atom. The Bertz CT molecular complexity index is 304. The Hall–Kier alpha value is -0.820. The van der Waals surface area contributed by atoms with Crippen molar-refractivity contribution in [1.29, 1.82) is 0 Å². The fraction of sp³-hybridized carbons (Fsp3) is 0.600. The highest BCUT2D eigenvalue weighted by Crippen LogP contribution is 2.23. The van der Waals surface area contributed by atoms with Crippen molar-refractivity contribution in [1.82, 2.24) is 0 Å². The van der Waals surface area contributed by atoms with Gasteiger partial charge in [-0.25, -0.2) is 0 Å². The molecule has 1 N–H and O–H groups in total. The van der Waals surface area contributed by atoms with E-state index in [-0.39, 0.29) is 6.61 Å². The molecule has 0 fully saturated rings. The first-order chi connectivity index (χ1) is 7.63. The SMILES string of the molecule is Cc1cccc(C(CO)CCCC(C)C)c1. The molecule has 1 aromatic rings. The van der Waals surface area contributed by atoms with Gasteiger partial charge in [-0.2, -0.15) is 0 Å². The van der Waals surface area contributed by atoms with Crippen LogP contribution in [0.3, 0.4) is 0 Å². The first-order valence-electron chi connectivity index (χ1n) is 6.31. The minimum absolute atomic E-state index is 0.265. The Kier molecular flexibility index (Phi) is 5.54. The molecule has 16 heavy (non-hydrogen) atoms. The molecule has 0 aromatic heterocycles. The lowest BCUT2D eigenvalue weighted by Crippen LogP contribution is -2.05. The first kappa shape index (κ1) is 13.2. The Morgan fingerprint density at radius 2 is 1.94 bits per heavy atom. The summed E-state index contributed by atoms with van der Waals surface area (Å²) in [6.07, 6.45) is 3.55. The summed E-state index contributed by atoms with van der Waals surface area (Å²) in [6.45, 7) is 6.87. The lowest BCUT2D eigenvalue weighted by atomic mass is 9.92. The number of aliphatic hydroxyl groups excluding tert-OH is 1. The van der Waals surface area contributed by atoms with Gasteiger partial charge in [-0.1, -0.05) is 56.5 Å². The zero-order chi connectivity index (χ0) is 12.0. The summed E-state index contributed by atoms with van der Waals surface area (Å²) in [7, 11) is 0. The highest BCUT2D eigenvalue weighted by Gasteiger charge is 2.10. The van der Waals surface area contributed by atoms with Crippen LogP contribution in [0.4, 0.5) is 0 Å². The number of hydrogen-bond acceptors (Lipinski definition) is 1. The molecule has 0 bridgehead atoms. The van der Waals surface area contributed by atoms with Crippen molar-refractivity contribution in [3.63, 3.8) is 0 Å². The van der Waals surface area contributed by atoms with Crippen molar-refractivity contribution >= 4 is 0 Å². The van der Waals surface area contributed by atoms with Crippen molar-refractivity contribution in [3.05, 3.63) is 35.4 Å². The first-order valence-corrected chi connectivity index (χ1v) is 6.31. The molecule has 0 amide bonds. The van der Waals surface area contributed by atoms with E-state index in [0.717, 1.165) is 12.3 Å². The van der Waals surface area contributed by atoms with Crippen LogP contribution in [-0.4, -0.2) is 11.7 Å². The molecule has 0 spiro atoms. The molecule has 1 unspecified atom stereocenters. The maximum absolute atomic E-state index is 9.44. The third kappa shape index (κ3) is 4.36. The Morgan fingerprint density at radius 3 is 2.50 bits per heavy atom. The smallest absolute Gasteiger partial charge is 0.0499 e. The van der Waals surface area contributed by atoms with Crippen LogP contribution < -0.4 is 0 Å². The van der Waals surface area contributed by atoms with E-state index in [1.165, 1.54) is 24.0 Å². The van der Waals surface area contributed by atoms with Gasteiger partial charge in [0.25, 0.3) is 0 Å². The molecule has 1 aromatic carbocycles. The fourth-order valence-corrected chi connectivity index (χ4v) is 2.06. The van der Waals surface area contributed by atoms with Crippen LogP contribution in [0, 0.1) is 12.8 Å². The number of aryl methyl sites for hydroxylation is 1. The maximum Gasteiger partial charge on any atom is 0.0499 e. The van der Waals surface area contributed by atoms with Gasteiger partial charge in [0.2, 0.25) is 0 Å². The van der Waals surface area contributed by atoms with Crippen molar-refractivity contribution in [2.75, 3.05) is 6.61 Å². The van der Waals surface area contributed by atoms with Gasteiger partial charge in [0.05, 0.1) is 0 Å². The van der Waals surface area contributed by atoms with Crippen LogP contribution in [-0.2, 0) is 0 Å². The predicted molar refractivity (Wildman–Crippen MR) is 69.7 cm³/mol. The van der Waals surface area contributed by atoms with Crippen LogP contribution in [0.5, 0.6) is 0 Å². The second-order valence-corrected chi connectivity index (χ2v) is 5.12. The fourth-order valence-electron chi connectivity index (χ4n) is 2.06. The average molecular weight is 220 g/mol. The summed E-state index contributed by atoms with van der Waals surface area (Å²) in [5.41, 5.74) is 2.56. The molecule has 1 atom stereocenters. The highest BCUT2D eigenvalue weighted by atomic mass is 16.3. The molecule has 0 radical (unpaired) electrons. The average Bonchev–Trinajstić information content (AvgIpc) is 2.24. The molecule has 0 aliphatic carbocycles. The van der Waals surface area contributed by atoms with Crippen LogP contribution in [0.2, 0.25) is 0 Å². The van der Waals surface area contributed by atoms with Gasteiger partial charge in [-0.3, -0.25) is 0 Å². The largest absolute Gasteiger partial charge is 0.396 e. The van der Waals surface area contributed by atoms with E-state index in [4.69, 9.17) is 0 Å². The monoisotopic (exact) mass is 220 g/mol.